The molecule has 0 atom stereocenters. The van der Waals surface area contributed by atoms with E-state index >= 15 is 0 Å². The largest absolute Gasteiger partial charge is 0.301 e. The van der Waals surface area contributed by atoms with Crippen LogP contribution in [0.15, 0.2) is 45.8 Å². The highest BCUT2D eigenvalue weighted by Gasteiger charge is 2.14. The molecule has 1 N–H and O–H groups in total. The zero-order valence-electron chi connectivity index (χ0n) is 13.9. The predicted molar refractivity (Wildman–Crippen MR) is 102 cm³/mol. The van der Waals surface area contributed by atoms with Gasteiger partial charge in [0, 0.05) is 18.1 Å². The Balaban J connectivity index is 1.86. The Kier molecular flexibility index (Phi) is 5.50. The molecule has 0 aliphatic heterocycles. The Labute approximate surface area is 153 Å². The lowest BCUT2D eigenvalue weighted by Crippen LogP contribution is -2.26. The van der Waals surface area contributed by atoms with Gasteiger partial charge in [0.15, 0.2) is 10.3 Å². The summed E-state index contributed by atoms with van der Waals surface area (Å²) in [4.78, 5) is 33.5. The molecule has 0 saturated carbocycles. The summed E-state index contributed by atoms with van der Waals surface area (Å²) in [6, 6.07) is 7.28. The Hall–Kier alpha value is -2.19. The summed E-state index contributed by atoms with van der Waals surface area (Å²) in [6.45, 7) is 4.66. The third kappa shape index (κ3) is 4.26. The number of benzene rings is 1. The second-order valence-corrected chi connectivity index (χ2v) is 7.73. The van der Waals surface area contributed by atoms with Crippen LogP contribution in [0.4, 0.5) is 5.13 Å². The lowest BCUT2D eigenvalue weighted by atomic mass is 10.2. The maximum absolute atomic E-state index is 12.8. The van der Waals surface area contributed by atoms with Crippen LogP contribution < -0.4 is 10.9 Å². The first kappa shape index (κ1) is 17.6. The molecule has 0 aliphatic rings. The van der Waals surface area contributed by atoms with E-state index < -0.39 is 0 Å². The Morgan fingerprint density at radius 3 is 2.88 bits per heavy atom. The van der Waals surface area contributed by atoms with Crippen molar-refractivity contribution in [2.75, 3.05) is 11.1 Å². The number of thioether (sulfide) groups is 1. The fraction of sp³-hybridized carbons (Fsp3) is 0.294. The van der Waals surface area contributed by atoms with Gasteiger partial charge in [0.05, 0.1) is 16.7 Å². The molecule has 0 bridgehead atoms. The van der Waals surface area contributed by atoms with E-state index in [1.807, 2.05) is 32.0 Å². The van der Waals surface area contributed by atoms with Gasteiger partial charge < -0.3 is 5.32 Å². The van der Waals surface area contributed by atoms with E-state index in [0.29, 0.717) is 33.7 Å². The first-order chi connectivity index (χ1) is 12.0. The van der Waals surface area contributed by atoms with Gasteiger partial charge in [0.25, 0.3) is 5.56 Å². The van der Waals surface area contributed by atoms with Crippen molar-refractivity contribution in [3.8, 4) is 0 Å². The second-order valence-electron chi connectivity index (χ2n) is 5.90. The van der Waals surface area contributed by atoms with Crippen LogP contribution in [-0.2, 0) is 11.3 Å². The smallest absolute Gasteiger partial charge is 0.262 e. The number of anilines is 1. The maximum atomic E-state index is 12.8. The average Bonchev–Trinajstić information content (AvgIpc) is 3.08. The zero-order valence-corrected chi connectivity index (χ0v) is 15.6. The highest BCUT2D eigenvalue weighted by atomic mass is 32.2. The minimum absolute atomic E-state index is 0.0675. The summed E-state index contributed by atoms with van der Waals surface area (Å²) in [5, 5.41) is 6.26. The van der Waals surface area contributed by atoms with Crippen molar-refractivity contribution in [2.24, 2.45) is 5.92 Å². The molecule has 2 heterocycles. The van der Waals surface area contributed by atoms with Gasteiger partial charge in [-0.2, -0.15) is 0 Å². The number of nitrogens with one attached hydrogen (secondary N) is 1. The highest BCUT2D eigenvalue weighted by Crippen LogP contribution is 2.19. The molecular formula is C17H18N4O2S2. The lowest BCUT2D eigenvalue weighted by molar-refractivity contribution is -0.113. The van der Waals surface area contributed by atoms with E-state index in [9.17, 15) is 9.59 Å². The van der Waals surface area contributed by atoms with Crippen LogP contribution in [0.5, 0.6) is 0 Å². The summed E-state index contributed by atoms with van der Waals surface area (Å²) >= 11 is 2.63. The van der Waals surface area contributed by atoms with Crippen LogP contribution in [0.25, 0.3) is 10.9 Å². The number of hydrogen-bond donors (Lipinski definition) is 1. The first-order valence-corrected chi connectivity index (χ1v) is 9.73. The molecule has 3 rings (SSSR count). The molecule has 8 heteroatoms. The van der Waals surface area contributed by atoms with Crippen LogP contribution in [0.1, 0.15) is 13.8 Å². The number of carbonyl (C=O) groups is 1. The number of fused-ring (bicyclic) bond motifs is 1. The van der Waals surface area contributed by atoms with Crippen molar-refractivity contribution in [3.05, 3.63) is 46.2 Å². The molecule has 6 nitrogen and oxygen atoms in total. The molecule has 130 valence electrons. The predicted octanol–water partition coefficient (Wildman–Crippen LogP) is 3.24. The molecule has 1 amide bonds. The van der Waals surface area contributed by atoms with Gasteiger partial charge in [-0.05, 0) is 18.1 Å². The molecule has 1 aromatic carbocycles. The molecular weight excluding hydrogens is 356 g/mol. The van der Waals surface area contributed by atoms with E-state index in [0.717, 1.165) is 0 Å². The van der Waals surface area contributed by atoms with Crippen molar-refractivity contribution in [1.29, 1.82) is 0 Å². The standard InChI is InChI=1S/C17H18N4O2S2/c1-11(2)9-21-15(23)12-5-3-4-6-13(12)19-17(21)25-10-14(22)20-16-18-7-8-24-16/h3-8,11H,9-10H2,1-2H3,(H,18,20,22). The van der Waals surface area contributed by atoms with Gasteiger partial charge in [0.2, 0.25) is 5.91 Å². The third-order valence-corrected chi connectivity index (χ3v) is 5.05. The number of hydrogen-bond acceptors (Lipinski definition) is 6. The number of para-hydroxylation sites is 1. The number of amides is 1. The second kappa shape index (κ2) is 7.79. The van der Waals surface area contributed by atoms with Crippen LogP contribution >= 0.6 is 23.1 Å². The van der Waals surface area contributed by atoms with Gasteiger partial charge >= 0.3 is 0 Å². The van der Waals surface area contributed by atoms with E-state index in [-0.39, 0.29) is 17.2 Å². The zero-order chi connectivity index (χ0) is 17.8. The van der Waals surface area contributed by atoms with Crippen molar-refractivity contribution < 1.29 is 4.79 Å². The minimum Gasteiger partial charge on any atom is -0.301 e. The molecule has 2 aromatic heterocycles. The Bertz CT molecular complexity index is 935. The van der Waals surface area contributed by atoms with Crippen molar-refractivity contribution in [3.63, 3.8) is 0 Å². The SMILES string of the molecule is CC(C)Cn1c(SCC(=O)Nc2nccs2)nc2ccccc2c1=O. The summed E-state index contributed by atoms with van der Waals surface area (Å²) in [5.74, 6) is 0.297. The molecule has 0 aliphatic carbocycles. The van der Waals surface area contributed by atoms with Crippen LogP contribution in [0, 0.1) is 5.92 Å². The topological polar surface area (TPSA) is 76.9 Å². The average molecular weight is 374 g/mol. The number of rotatable bonds is 6. The molecule has 25 heavy (non-hydrogen) atoms. The molecule has 0 spiro atoms. The summed E-state index contributed by atoms with van der Waals surface area (Å²) in [5.41, 5.74) is 0.581. The highest BCUT2D eigenvalue weighted by molar-refractivity contribution is 7.99. The number of thiazole rings is 1. The Morgan fingerprint density at radius 1 is 1.36 bits per heavy atom. The summed E-state index contributed by atoms with van der Waals surface area (Å²) in [6.07, 6.45) is 1.64. The van der Waals surface area contributed by atoms with E-state index in [1.165, 1.54) is 23.1 Å². The van der Waals surface area contributed by atoms with Crippen molar-refractivity contribution >= 4 is 45.0 Å². The molecule has 0 fully saturated rings. The quantitative estimate of drug-likeness (QED) is 0.529. The van der Waals surface area contributed by atoms with E-state index in [1.54, 1.807) is 22.2 Å². The third-order valence-electron chi connectivity index (χ3n) is 3.39. The van der Waals surface area contributed by atoms with E-state index in [2.05, 4.69) is 15.3 Å². The van der Waals surface area contributed by atoms with Gasteiger partial charge in [-0.15, -0.1) is 11.3 Å². The van der Waals surface area contributed by atoms with Gasteiger partial charge in [-0.3, -0.25) is 14.2 Å². The van der Waals surface area contributed by atoms with Gasteiger partial charge in [-0.25, -0.2) is 9.97 Å². The van der Waals surface area contributed by atoms with Crippen LogP contribution in [0.2, 0.25) is 0 Å². The summed E-state index contributed by atoms with van der Waals surface area (Å²) < 4.78 is 1.66. The monoisotopic (exact) mass is 374 g/mol. The molecule has 3 aromatic rings. The van der Waals surface area contributed by atoms with Crippen molar-refractivity contribution in [2.45, 2.75) is 25.5 Å². The number of carbonyl (C=O) groups excluding carboxylic acids is 1. The van der Waals surface area contributed by atoms with Crippen molar-refractivity contribution in [1.82, 2.24) is 14.5 Å². The fourth-order valence-electron chi connectivity index (χ4n) is 2.35. The molecule has 0 unspecified atom stereocenters. The lowest BCUT2D eigenvalue weighted by Gasteiger charge is -2.14. The minimum atomic E-state index is -0.168. The van der Waals surface area contributed by atoms with E-state index in [4.69, 9.17) is 0 Å². The molecule has 0 saturated heterocycles. The fourth-order valence-corrected chi connectivity index (χ4v) is 3.71. The Morgan fingerprint density at radius 2 is 2.16 bits per heavy atom. The summed E-state index contributed by atoms with van der Waals surface area (Å²) in [7, 11) is 0. The van der Waals surface area contributed by atoms with Gasteiger partial charge in [0.1, 0.15) is 0 Å². The van der Waals surface area contributed by atoms with Crippen LogP contribution in [-0.4, -0.2) is 26.2 Å². The molecule has 0 radical (unpaired) electrons. The number of aromatic nitrogens is 3. The number of nitrogens with zero attached hydrogens (tertiary/aromatic N) is 3. The normalized spacial score (nSPS) is 11.2. The maximum Gasteiger partial charge on any atom is 0.262 e. The first-order valence-electron chi connectivity index (χ1n) is 7.86. The van der Waals surface area contributed by atoms with Crippen LogP contribution in [0.3, 0.4) is 0 Å². The van der Waals surface area contributed by atoms with Gasteiger partial charge in [-0.1, -0.05) is 37.7 Å².